The van der Waals surface area contributed by atoms with Gasteiger partial charge in [0.25, 0.3) is 0 Å². The van der Waals surface area contributed by atoms with E-state index in [9.17, 15) is 9.59 Å². The minimum absolute atomic E-state index is 0.383. The molecule has 0 aliphatic heterocycles. The first-order chi connectivity index (χ1) is 13.2. The Hall–Kier alpha value is -1.84. The smallest absolute Gasteiger partial charge is 0.309 e. The number of benzene rings is 1. The summed E-state index contributed by atoms with van der Waals surface area (Å²) in [5.41, 5.74) is 2.27. The van der Waals surface area contributed by atoms with E-state index in [4.69, 9.17) is 0 Å². The fraction of sp³-hybridized carbons (Fsp3) is 0.652. The van der Waals surface area contributed by atoms with Crippen LogP contribution in [0.15, 0.2) is 24.3 Å². The number of carbonyl (C=O) groups excluding carboxylic acids is 2. The van der Waals surface area contributed by atoms with Crippen molar-refractivity contribution in [2.45, 2.75) is 91.0 Å². The third-order valence-corrected chi connectivity index (χ3v) is 4.91. The molecule has 0 radical (unpaired) electrons. The van der Waals surface area contributed by atoms with E-state index in [1.54, 1.807) is 0 Å². The van der Waals surface area contributed by atoms with Crippen molar-refractivity contribution in [2.24, 2.45) is 0 Å². The molecule has 0 saturated heterocycles. The molecule has 0 saturated carbocycles. The molecule has 1 rings (SSSR count). The van der Waals surface area contributed by atoms with E-state index in [0.717, 1.165) is 24.8 Å². The predicted molar refractivity (Wildman–Crippen MR) is 113 cm³/mol. The highest BCUT2D eigenvalue weighted by Gasteiger charge is 2.11. The second-order valence-electron chi connectivity index (χ2n) is 7.29. The van der Waals surface area contributed by atoms with Gasteiger partial charge in [0.15, 0.2) is 0 Å². The third-order valence-electron chi connectivity index (χ3n) is 4.91. The van der Waals surface area contributed by atoms with Crippen LogP contribution in [0.4, 0.5) is 0 Å². The average molecular weight is 375 g/mol. The Balaban J connectivity index is 2.00. The van der Waals surface area contributed by atoms with Crippen LogP contribution in [0.1, 0.15) is 89.2 Å². The molecule has 2 amide bonds. The van der Waals surface area contributed by atoms with E-state index in [0.29, 0.717) is 13.1 Å². The van der Waals surface area contributed by atoms with Crippen LogP contribution >= 0.6 is 0 Å². The van der Waals surface area contributed by atoms with Crippen LogP contribution < -0.4 is 10.6 Å². The molecule has 0 heterocycles. The van der Waals surface area contributed by atoms with Gasteiger partial charge < -0.3 is 10.6 Å². The second-order valence-corrected chi connectivity index (χ2v) is 7.29. The minimum Gasteiger partial charge on any atom is -0.348 e. The molecule has 0 atom stereocenters. The summed E-state index contributed by atoms with van der Waals surface area (Å²) < 4.78 is 0. The summed E-state index contributed by atoms with van der Waals surface area (Å²) >= 11 is 0. The zero-order chi connectivity index (χ0) is 19.7. The molecule has 0 spiro atoms. The molecule has 1 aromatic rings. The van der Waals surface area contributed by atoms with Gasteiger partial charge >= 0.3 is 11.8 Å². The maximum atomic E-state index is 11.8. The van der Waals surface area contributed by atoms with E-state index >= 15 is 0 Å². The predicted octanol–water partition coefficient (Wildman–Crippen LogP) is 4.90. The van der Waals surface area contributed by atoms with E-state index in [1.807, 2.05) is 24.3 Å². The van der Waals surface area contributed by atoms with Gasteiger partial charge in [-0.2, -0.15) is 0 Å². The number of unbranched alkanes of at least 4 members (excludes halogenated alkanes) is 9. The summed E-state index contributed by atoms with van der Waals surface area (Å²) in [7, 11) is 0. The van der Waals surface area contributed by atoms with E-state index in [-0.39, 0.29) is 0 Å². The molecule has 0 unspecified atom stereocenters. The van der Waals surface area contributed by atoms with Crippen molar-refractivity contribution in [3.05, 3.63) is 35.4 Å². The van der Waals surface area contributed by atoms with Crippen molar-refractivity contribution < 1.29 is 9.59 Å². The molecule has 0 bridgehead atoms. The Morgan fingerprint density at radius 1 is 0.667 bits per heavy atom. The Kier molecular flexibility index (Phi) is 13.1. The van der Waals surface area contributed by atoms with Crippen LogP contribution in [-0.2, 0) is 22.6 Å². The van der Waals surface area contributed by atoms with Crippen molar-refractivity contribution in [3.8, 4) is 0 Å². The van der Waals surface area contributed by atoms with Gasteiger partial charge in [-0.15, -0.1) is 0 Å². The summed E-state index contributed by atoms with van der Waals surface area (Å²) in [6.45, 7) is 5.31. The number of carbonyl (C=O) groups is 2. The second kappa shape index (κ2) is 15.2. The first-order valence-electron chi connectivity index (χ1n) is 10.8. The number of aryl methyl sites for hydroxylation is 1. The maximum absolute atomic E-state index is 11.8. The molecule has 0 fully saturated rings. The minimum atomic E-state index is -0.554. The van der Waals surface area contributed by atoms with Crippen LogP contribution in [0.5, 0.6) is 0 Å². The lowest BCUT2D eigenvalue weighted by molar-refractivity contribution is -0.139. The average Bonchev–Trinajstić information content (AvgIpc) is 2.70. The highest BCUT2D eigenvalue weighted by atomic mass is 16.2. The largest absolute Gasteiger partial charge is 0.348 e. The van der Waals surface area contributed by atoms with Gasteiger partial charge in [0, 0.05) is 13.1 Å². The topological polar surface area (TPSA) is 58.2 Å². The Morgan fingerprint density at radius 2 is 1.15 bits per heavy atom. The van der Waals surface area contributed by atoms with Crippen molar-refractivity contribution in [1.29, 1.82) is 0 Å². The molecule has 152 valence electrons. The number of rotatable bonds is 14. The molecular formula is C23H38N2O2. The van der Waals surface area contributed by atoms with E-state index < -0.39 is 11.8 Å². The lowest BCUT2D eigenvalue weighted by atomic mass is 10.1. The van der Waals surface area contributed by atoms with Gasteiger partial charge in [-0.1, -0.05) is 95.9 Å². The summed E-state index contributed by atoms with van der Waals surface area (Å²) in [6, 6.07) is 8.07. The molecule has 4 heteroatoms. The van der Waals surface area contributed by atoms with Crippen molar-refractivity contribution >= 4 is 11.8 Å². The zero-order valence-electron chi connectivity index (χ0n) is 17.3. The summed E-state index contributed by atoms with van der Waals surface area (Å²) in [5.74, 6) is -1.09. The number of nitrogens with one attached hydrogen (secondary N) is 2. The standard InChI is InChI=1S/C23H38N2O2/c1-3-5-6-7-8-9-10-11-12-13-18-24-22(26)23(27)25-19-21-16-14-20(4-2)15-17-21/h14-17H,3-13,18-19H2,1-2H3,(H,24,26)(H,25,27). The number of hydrogen-bond donors (Lipinski definition) is 2. The molecular weight excluding hydrogens is 336 g/mol. The lowest BCUT2D eigenvalue weighted by Crippen LogP contribution is -2.39. The lowest BCUT2D eigenvalue weighted by Gasteiger charge is -2.07. The van der Waals surface area contributed by atoms with Gasteiger partial charge in [0.1, 0.15) is 0 Å². The van der Waals surface area contributed by atoms with Crippen LogP contribution in [0.3, 0.4) is 0 Å². The normalized spacial score (nSPS) is 10.6. The van der Waals surface area contributed by atoms with Crippen molar-refractivity contribution in [3.63, 3.8) is 0 Å². The first-order valence-corrected chi connectivity index (χ1v) is 10.8. The molecule has 1 aromatic carbocycles. The third kappa shape index (κ3) is 11.5. The van der Waals surface area contributed by atoms with Crippen LogP contribution in [0.2, 0.25) is 0 Å². The van der Waals surface area contributed by atoms with Crippen LogP contribution in [0.25, 0.3) is 0 Å². The van der Waals surface area contributed by atoms with Gasteiger partial charge in [0.05, 0.1) is 0 Å². The number of hydrogen-bond acceptors (Lipinski definition) is 2. The molecule has 2 N–H and O–H groups in total. The highest BCUT2D eigenvalue weighted by molar-refractivity contribution is 6.35. The van der Waals surface area contributed by atoms with Gasteiger partial charge in [-0.25, -0.2) is 0 Å². The summed E-state index contributed by atoms with van der Waals surface area (Å²) in [6.07, 6.45) is 13.6. The highest BCUT2D eigenvalue weighted by Crippen LogP contribution is 2.10. The van der Waals surface area contributed by atoms with E-state index in [2.05, 4.69) is 24.5 Å². The van der Waals surface area contributed by atoms with Gasteiger partial charge in [-0.3, -0.25) is 9.59 Å². The maximum Gasteiger partial charge on any atom is 0.309 e. The zero-order valence-corrected chi connectivity index (χ0v) is 17.3. The monoisotopic (exact) mass is 374 g/mol. The molecule has 0 aliphatic carbocycles. The molecule has 0 aliphatic rings. The summed E-state index contributed by atoms with van der Waals surface area (Å²) in [4.78, 5) is 23.6. The fourth-order valence-electron chi connectivity index (χ4n) is 3.05. The SMILES string of the molecule is CCCCCCCCCCCCNC(=O)C(=O)NCc1ccc(CC)cc1. The quantitative estimate of drug-likeness (QED) is 0.359. The Bertz CT molecular complexity index is 526. The van der Waals surface area contributed by atoms with E-state index in [1.165, 1.54) is 56.9 Å². The Morgan fingerprint density at radius 3 is 1.70 bits per heavy atom. The molecule has 4 nitrogen and oxygen atoms in total. The Labute approximate surface area is 165 Å². The number of amides is 2. The molecule has 0 aromatic heterocycles. The fourth-order valence-corrected chi connectivity index (χ4v) is 3.05. The molecule has 27 heavy (non-hydrogen) atoms. The van der Waals surface area contributed by atoms with Gasteiger partial charge in [-0.05, 0) is 24.0 Å². The summed E-state index contributed by atoms with van der Waals surface area (Å²) in [5, 5.41) is 5.39. The van der Waals surface area contributed by atoms with Crippen LogP contribution in [-0.4, -0.2) is 18.4 Å². The first kappa shape index (κ1) is 23.2. The van der Waals surface area contributed by atoms with Crippen molar-refractivity contribution in [1.82, 2.24) is 10.6 Å². The van der Waals surface area contributed by atoms with Crippen LogP contribution in [0, 0.1) is 0 Å². The van der Waals surface area contributed by atoms with Gasteiger partial charge in [0.2, 0.25) is 0 Å². The van der Waals surface area contributed by atoms with Crippen molar-refractivity contribution in [2.75, 3.05) is 6.54 Å².